The molecule has 0 aliphatic carbocycles. The van der Waals surface area contributed by atoms with Crippen molar-refractivity contribution >= 4 is 29.9 Å². The van der Waals surface area contributed by atoms with Gasteiger partial charge >= 0.3 is 0 Å². The smallest absolute Gasteiger partial charge is 0.191 e. The molecule has 0 unspecified atom stereocenters. The van der Waals surface area contributed by atoms with Gasteiger partial charge in [0, 0.05) is 23.9 Å². The Balaban J connectivity index is 0.00000243. The van der Waals surface area contributed by atoms with Gasteiger partial charge in [0.1, 0.15) is 11.6 Å². The molecule has 0 bridgehead atoms. The van der Waals surface area contributed by atoms with E-state index in [-0.39, 0.29) is 36.6 Å². The molecule has 0 saturated heterocycles. The SMILES string of the molecule is CCNC(=NCc1cc(F)cc2c1OCOC2)NCc1ccccn1.I. The minimum atomic E-state index is -0.315. The summed E-state index contributed by atoms with van der Waals surface area (Å²) < 4.78 is 24.5. The van der Waals surface area contributed by atoms with Crippen LogP contribution in [0.3, 0.4) is 0 Å². The first-order valence-electron chi connectivity index (χ1n) is 8.20. The van der Waals surface area contributed by atoms with Gasteiger partial charge in [0.05, 0.1) is 25.4 Å². The molecule has 2 aromatic rings. The molecule has 2 N–H and O–H groups in total. The fourth-order valence-electron chi connectivity index (χ4n) is 2.56. The second-order valence-electron chi connectivity index (χ2n) is 5.53. The van der Waals surface area contributed by atoms with Crippen molar-refractivity contribution in [1.29, 1.82) is 0 Å². The van der Waals surface area contributed by atoms with Gasteiger partial charge in [-0.05, 0) is 31.2 Å². The molecular weight excluding hydrogens is 450 g/mol. The number of hydrogen-bond acceptors (Lipinski definition) is 4. The number of rotatable bonds is 5. The molecule has 8 heteroatoms. The van der Waals surface area contributed by atoms with Crippen LogP contribution in [0, 0.1) is 5.82 Å². The van der Waals surface area contributed by atoms with Gasteiger partial charge in [-0.15, -0.1) is 24.0 Å². The van der Waals surface area contributed by atoms with E-state index in [1.165, 1.54) is 12.1 Å². The Bertz CT molecular complexity index is 743. The number of guanidine groups is 1. The highest BCUT2D eigenvalue weighted by Crippen LogP contribution is 2.29. The maximum atomic E-state index is 13.8. The predicted molar refractivity (Wildman–Crippen MR) is 108 cm³/mol. The van der Waals surface area contributed by atoms with Crippen LogP contribution < -0.4 is 15.4 Å². The van der Waals surface area contributed by atoms with Crippen LogP contribution in [-0.4, -0.2) is 24.3 Å². The lowest BCUT2D eigenvalue weighted by Crippen LogP contribution is -2.37. The largest absolute Gasteiger partial charge is 0.467 e. The van der Waals surface area contributed by atoms with Gasteiger partial charge in [-0.1, -0.05) is 6.07 Å². The number of benzene rings is 1. The number of aliphatic imine (C=N–C) groups is 1. The number of hydrogen-bond donors (Lipinski definition) is 2. The summed E-state index contributed by atoms with van der Waals surface area (Å²) in [6.07, 6.45) is 1.75. The Morgan fingerprint density at radius 2 is 2.19 bits per heavy atom. The topological polar surface area (TPSA) is 67.8 Å². The predicted octanol–water partition coefficient (Wildman–Crippen LogP) is 2.96. The Labute approximate surface area is 169 Å². The van der Waals surface area contributed by atoms with E-state index in [0.717, 1.165) is 12.2 Å². The zero-order valence-corrected chi connectivity index (χ0v) is 16.8. The molecule has 1 aromatic carbocycles. The lowest BCUT2D eigenvalue weighted by molar-refractivity contribution is -0.0172. The van der Waals surface area contributed by atoms with Gasteiger partial charge in [0.2, 0.25) is 0 Å². The monoisotopic (exact) mass is 472 g/mol. The zero-order chi connectivity index (χ0) is 17.5. The highest BCUT2D eigenvalue weighted by atomic mass is 127. The number of pyridine rings is 1. The zero-order valence-electron chi connectivity index (χ0n) is 14.5. The molecule has 2 heterocycles. The molecule has 140 valence electrons. The number of nitrogens with one attached hydrogen (secondary N) is 2. The average molecular weight is 472 g/mol. The first-order chi connectivity index (χ1) is 12.3. The summed E-state index contributed by atoms with van der Waals surface area (Å²) in [5.41, 5.74) is 2.33. The van der Waals surface area contributed by atoms with E-state index < -0.39 is 0 Å². The van der Waals surface area contributed by atoms with E-state index in [4.69, 9.17) is 9.47 Å². The van der Waals surface area contributed by atoms with Crippen molar-refractivity contribution in [2.45, 2.75) is 26.6 Å². The highest BCUT2D eigenvalue weighted by molar-refractivity contribution is 14.0. The number of ether oxygens (including phenoxy) is 2. The minimum absolute atomic E-state index is 0. The van der Waals surface area contributed by atoms with Crippen LogP contribution in [0.5, 0.6) is 5.75 Å². The van der Waals surface area contributed by atoms with Gasteiger partial charge in [0.25, 0.3) is 0 Å². The summed E-state index contributed by atoms with van der Waals surface area (Å²) in [6.45, 7) is 4.09. The van der Waals surface area contributed by atoms with E-state index >= 15 is 0 Å². The molecule has 0 spiro atoms. The first-order valence-corrected chi connectivity index (χ1v) is 8.20. The maximum absolute atomic E-state index is 13.8. The summed E-state index contributed by atoms with van der Waals surface area (Å²) in [5.74, 6) is 0.986. The molecule has 0 fully saturated rings. The Hall–Kier alpha value is -1.94. The third-order valence-electron chi connectivity index (χ3n) is 3.67. The number of halogens is 2. The molecule has 0 atom stereocenters. The number of nitrogens with zero attached hydrogens (tertiary/aromatic N) is 2. The van der Waals surface area contributed by atoms with Crippen molar-refractivity contribution in [3.05, 3.63) is 59.2 Å². The van der Waals surface area contributed by atoms with Crippen LogP contribution >= 0.6 is 24.0 Å². The second kappa shape index (κ2) is 10.3. The van der Waals surface area contributed by atoms with Crippen molar-refractivity contribution in [3.8, 4) is 5.75 Å². The van der Waals surface area contributed by atoms with Gasteiger partial charge in [-0.3, -0.25) is 4.98 Å². The third-order valence-corrected chi connectivity index (χ3v) is 3.67. The molecule has 6 nitrogen and oxygen atoms in total. The van der Waals surface area contributed by atoms with Crippen LogP contribution in [0.15, 0.2) is 41.5 Å². The molecule has 26 heavy (non-hydrogen) atoms. The van der Waals surface area contributed by atoms with Gasteiger partial charge in [0.15, 0.2) is 12.8 Å². The summed E-state index contributed by atoms with van der Waals surface area (Å²) in [6, 6.07) is 8.64. The molecule has 0 saturated carbocycles. The standard InChI is InChI=1S/C18H21FN4O2.HI/c1-2-20-18(23-10-16-5-3-4-6-21-16)22-9-13-7-15(19)8-14-11-24-12-25-17(13)14;/h3-8H,2,9-12H2,1H3,(H2,20,22,23);1H. The summed E-state index contributed by atoms with van der Waals surface area (Å²) >= 11 is 0. The second-order valence-corrected chi connectivity index (χ2v) is 5.53. The van der Waals surface area contributed by atoms with Crippen molar-refractivity contribution < 1.29 is 13.9 Å². The molecule has 1 aliphatic heterocycles. The molecule has 0 radical (unpaired) electrons. The Morgan fingerprint density at radius 3 is 2.96 bits per heavy atom. The average Bonchev–Trinajstić information content (AvgIpc) is 2.64. The molecule has 3 rings (SSSR count). The van der Waals surface area contributed by atoms with Crippen molar-refractivity contribution in [2.24, 2.45) is 4.99 Å². The number of fused-ring (bicyclic) bond motifs is 1. The van der Waals surface area contributed by atoms with E-state index in [2.05, 4.69) is 20.6 Å². The summed E-state index contributed by atoms with van der Waals surface area (Å²) in [5, 5.41) is 6.39. The van der Waals surface area contributed by atoms with Crippen molar-refractivity contribution in [2.75, 3.05) is 13.3 Å². The van der Waals surface area contributed by atoms with Crippen LogP contribution in [0.2, 0.25) is 0 Å². The molecule has 1 aromatic heterocycles. The van der Waals surface area contributed by atoms with Crippen LogP contribution in [-0.2, 0) is 24.4 Å². The van der Waals surface area contributed by atoms with E-state index in [9.17, 15) is 4.39 Å². The van der Waals surface area contributed by atoms with Crippen molar-refractivity contribution in [1.82, 2.24) is 15.6 Å². The minimum Gasteiger partial charge on any atom is -0.467 e. The lowest BCUT2D eigenvalue weighted by atomic mass is 10.1. The van der Waals surface area contributed by atoms with Gasteiger partial charge in [-0.2, -0.15) is 0 Å². The molecule has 1 aliphatic rings. The maximum Gasteiger partial charge on any atom is 0.191 e. The quantitative estimate of drug-likeness (QED) is 0.398. The van der Waals surface area contributed by atoms with Crippen molar-refractivity contribution in [3.63, 3.8) is 0 Å². The van der Waals surface area contributed by atoms with Gasteiger partial charge in [-0.25, -0.2) is 9.38 Å². The highest BCUT2D eigenvalue weighted by Gasteiger charge is 2.16. The van der Waals surface area contributed by atoms with E-state index in [1.54, 1.807) is 6.20 Å². The fourth-order valence-corrected chi connectivity index (χ4v) is 2.56. The van der Waals surface area contributed by atoms with Crippen LogP contribution in [0.1, 0.15) is 23.7 Å². The fraction of sp³-hybridized carbons (Fsp3) is 0.333. The Kier molecular flexibility index (Phi) is 8.05. The normalized spacial score (nSPS) is 13.2. The summed E-state index contributed by atoms with van der Waals surface area (Å²) in [7, 11) is 0. The number of aromatic nitrogens is 1. The summed E-state index contributed by atoms with van der Waals surface area (Å²) in [4.78, 5) is 8.80. The van der Waals surface area contributed by atoms with Crippen LogP contribution in [0.25, 0.3) is 0 Å². The van der Waals surface area contributed by atoms with Gasteiger partial charge < -0.3 is 20.1 Å². The van der Waals surface area contributed by atoms with E-state index in [1.807, 2.05) is 25.1 Å². The third kappa shape index (κ3) is 5.53. The lowest BCUT2D eigenvalue weighted by Gasteiger charge is -2.20. The molecule has 0 amide bonds. The Morgan fingerprint density at radius 1 is 1.31 bits per heavy atom. The van der Waals surface area contributed by atoms with E-state index in [0.29, 0.717) is 42.5 Å². The first kappa shape index (κ1) is 20.4. The van der Waals surface area contributed by atoms with Crippen LogP contribution in [0.4, 0.5) is 4.39 Å². The molecular formula is C18H22FIN4O2.